The molecule has 2 aromatic carbocycles. The van der Waals surface area contributed by atoms with Gasteiger partial charge in [0, 0.05) is 13.1 Å². The van der Waals surface area contributed by atoms with Crippen LogP contribution in [0.5, 0.6) is 11.5 Å². The van der Waals surface area contributed by atoms with Gasteiger partial charge in [0.1, 0.15) is 12.7 Å². The zero-order chi connectivity index (χ0) is 16.1. The van der Waals surface area contributed by atoms with Crippen LogP contribution in [0.1, 0.15) is 18.1 Å². The Labute approximate surface area is 136 Å². The Balaban J connectivity index is 1.60. The molecule has 1 unspecified atom stereocenters. The summed E-state index contributed by atoms with van der Waals surface area (Å²) >= 11 is 0. The van der Waals surface area contributed by atoms with Gasteiger partial charge in [0.05, 0.1) is 11.6 Å². The molecule has 2 aromatic rings. The van der Waals surface area contributed by atoms with Crippen molar-refractivity contribution in [3.05, 3.63) is 59.7 Å². The second-order valence-electron chi connectivity index (χ2n) is 5.63. The van der Waals surface area contributed by atoms with E-state index in [1.807, 2.05) is 48.5 Å². The Morgan fingerprint density at radius 2 is 1.87 bits per heavy atom. The smallest absolute Gasteiger partial charge is 0.161 e. The molecule has 0 saturated heterocycles. The number of nitriles is 1. The highest BCUT2D eigenvalue weighted by Gasteiger charge is 2.22. The summed E-state index contributed by atoms with van der Waals surface area (Å²) < 4.78 is 11.8. The Bertz CT molecular complexity index is 691. The molecule has 0 radical (unpaired) electrons. The number of hydrogen-bond acceptors (Lipinski definition) is 4. The molecule has 1 atom stereocenters. The van der Waals surface area contributed by atoms with Crippen molar-refractivity contribution in [3.63, 3.8) is 0 Å². The molecule has 3 rings (SSSR count). The summed E-state index contributed by atoms with van der Waals surface area (Å²) in [5, 5.41) is 8.86. The molecule has 0 bridgehead atoms. The van der Waals surface area contributed by atoms with Gasteiger partial charge in [-0.1, -0.05) is 31.2 Å². The molecule has 0 amide bonds. The molecule has 0 spiro atoms. The van der Waals surface area contributed by atoms with Gasteiger partial charge in [0.15, 0.2) is 11.5 Å². The lowest BCUT2D eigenvalue weighted by molar-refractivity contribution is 0.0580. The van der Waals surface area contributed by atoms with Crippen LogP contribution in [0, 0.1) is 11.3 Å². The summed E-state index contributed by atoms with van der Waals surface area (Å²) in [6.07, 6.45) is 0.0308. The van der Waals surface area contributed by atoms with Crippen molar-refractivity contribution in [1.29, 1.82) is 5.26 Å². The molecule has 0 aromatic heterocycles. The van der Waals surface area contributed by atoms with Gasteiger partial charge in [-0.15, -0.1) is 0 Å². The number of benzene rings is 2. The summed E-state index contributed by atoms with van der Waals surface area (Å²) in [6, 6.07) is 17.7. The fraction of sp³-hybridized carbons (Fsp3) is 0.316. The third-order valence-corrected chi connectivity index (χ3v) is 3.97. The zero-order valence-electron chi connectivity index (χ0n) is 13.2. The average molecular weight is 308 g/mol. The minimum absolute atomic E-state index is 0.0308. The van der Waals surface area contributed by atoms with E-state index >= 15 is 0 Å². The number of likely N-dealkylation sites (N-methyl/N-ethyl adjacent to an activating group) is 1. The van der Waals surface area contributed by atoms with E-state index in [-0.39, 0.29) is 6.10 Å². The number of ether oxygens (including phenoxy) is 2. The van der Waals surface area contributed by atoms with Gasteiger partial charge in [-0.3, -0.25) is 4.90 Å². The van der Waals surface area contributed by atoms with E-state index in [1.54, 1.807) is 0 Å². The van der Waals surface area contributed by atoms with E-state index in [9.17, 15) is 0 Å². The molecule has 1 aliphatic rings. The predicted octanol–water partition coefficient (Wildman–Crippen LogP) is 3.22. The minimum Gasteiger partial charge on any atom is -0.486 e. The van der Waals surface area contributed by atoms with Crippen molar-refractivity contribution in [2.24, 2.45) is 0 Å². The number of nitrogens with zero attached hydrogens (tertiary/aromatic N) is 2. The van der Waals surface area contributed by atoms with Crippen LogP contribution in [0.15, 0.2) is 48.5 Å². The van der Waals surface area contributed by atoms with Gasteiger partial charge < -0.3 is 9.47 Å². The van der Waals surface area contributed by atoms with Crippen LogP contribution in [0.25, 0.3) is 0 Å². The van der Waals surface area contributed by atoms with E-state index in [2.05, 4.69) is 17.9 Å². The van der Waals surface area contributed by atoms with Gasteiger partial charge in [-0.05, 0) is 36.4 Å². The molecule has 118 valence electrons. The fourth-order valence-corrected chi connectivity index (χ4v) is 2.69. The third kappa shape index (κ3) is 3.82. The Morgan fingerprint density at radius 3 is 2.57 bits per heavy atom. The van der Waals surface area contributed by atoms with E-state index in [1.165, 1.54) is 5.56 Å². The highest BCUT2D eigenvalue weighted by Crippen LogP contribution is 2.31. The van der Waals surface area contributed by atoms with E-state index in [4.69, 9.17) is 14.7 Å². The van der Waals surface area contributed by atoms with Gasteiger partial charge in [0.25, 0.3) is 0 Å². The normalized spacial score (nSPS) is 16.1. The summed E-state index contributed by atoms with van der Waals surface area (Å²) in [6.45, 7) is 5.29. The molecule has 1 aliphatic heterocycles. The summed E-state index contributed by atoms with van der Waals surface area (Å²) in [5.74, 6) is 1.64. The molecule has 0 aliphatic carbocycles. The molecule has 0 N–H and O–H groups in total. The minimum atomic E-state index is 0.0308. The van der Waals surface area contributed by atoms with Crippen LogP contribution in [-0.2, 0) is 6.54 Å². The topological polar surface area (TPSA) is 45.5 Å². The Morgan fingerprint density at radius 1 is 1.13 bits per heavy atom. The summed E-state index contributed by atoms with van der Waals surface area (Å²) in [7, 11) is 0. The standard InChI is InChI=1S/C19H20N2O2/c1-2-21(12-16-9-7-15(11-20)8-10-16)13-17-14-22-18-5-3-4-6-19(18)23-17/h3-10,17H,2,12-14H2,1H3. The average Bonchev–Trinajstić information content (AvgIpc) is 2.61. The maximum absolute atomic E-state index is 8.86. The Kier molecular flexibility index (Phi) is 4.80. The first-order valence-electron chi connectivity index (χ1n) is 7.88. The summed E-state index contributed by atoms with van der Waals surface area (Å²) in [4.78, 5) is 2.32. The maximum atomic E-state index is 8.86. The van der Waals surface area contributed by atoms with Crippen LogP contribution in [0.2, 0.25) is 0 Å². The first kappa shape index (κ1) is 15.4. The van der Waals surface area contributed by atoms with E-state index in [0.717, 1.165) is 31.1 Å². The van der Waals surface area contributed by atoms with Crippen molar-refractivity contribution in [1.82, 2.24) is 4.90 Å². The third-order valence-electron chi connectivity index (χ3n) is 3.97. The van der Waals surface area contributed by atoms with Gasteiger partial charge in [-0.2, -0.15) is 5.26 Å². The first-order valence-corrected chi connectivity index (χ1v) is 7.88. The van der Waals surface area contributed by atoms with Crippen molar-refractivity contribution >= 4 is 0 Å². The van der Waals surface area contributed by atoms with Gasteiger partial charge in [-0.25, -0.2) is 0 Å². The highest BCUT2D eigenvalue weighted by molar-refractivity contribution is 5.40. The van der Waals surface area contributed by atoms with Crippen LogP contribution < -0.4 is 9.47 Å². The molecular weight excluding hydrogens is 288 g/mol. The van der Waals surface area contributed by atoms with Crippen LogP contribution >= 0.6 is 0 Å². The molecule has 4 heteroatoms. The number of fused-ring (bicyclic) bond motifs is 1. The fourth-order valence-electron chi connectivity index (χ4n) is 2.69. The lowest BCUT2D eigenvalue weighted by atomic mass is 10.1. The van der Waals surface area contributed by atoms with Crippen molar-refractivity contribution in [3.8, 4) is 17.6 Å². The predicted molar refractivity (Wildman–Crippen MR) is 88.5 cm³/mol. The molecule has 23 heavy (non-hydrogen) atoms. The zero-order valence-corrected chi connectivity index (χ0v) is 13.2. The SMILES string of the molecule is CCN(Cc1ccc(C#N)cc1)CC1COc2ccccc2O1. The highest BCUT2D eigenvalue weighted by atomic mass is 16.6. The molecule has 1 heterocycles. The monoisotopic (exact) mass is 308 g/mol. The van der Waals surface area contributed by atoms with Crippen LogP contribution in [0.4, 0.5) is 0 Å². The van der Waals surface area contributed by atoms with Gasteiger partial charge >= 0.3 is 0 Å². The molecular formula is C19H20N2O2. The molecule has 0 saturated carbocycles. The number of hydrogen-bond donors (Lipinski definition) is 0. The lowest BCUT2D eigenvalue weighted by Crippen LogP contribution is -2.40. The number of para-hydroxylation sites is 2. The molecule has 0 fully saturated rings. The van der Waals surface area contributed by atoms with Crippen molar-refractivity contribution in [2.75, 3.05) is 19.7 Å². The lowest BCUT2D eigenvalue weighted by Gasteiger charge is -2.30. The quantitative estimate of drug-likeness (QED) is 0.851. The van der Waals surface area contributed by atoms with Gasteiger partial charge in [0.2, 0.25) is 0 Å². The van der Waals surface area contributed by atoms with Crippen molar-refractivity contribution < 1.29 is 9.47 Å². The van der Waals surface area contributed by atoms with E-state index < -0.39 is 0 Å². The first-order chi connectivity index (χ1) is 11.3. The van der Waals surface area contributed by atoms with Crippen molar-refractivity contribution in [2.45, 2.75) is 19.6 Å². The number of rotatable bonds is 5. The molecule has 4 nitrogen and oxygen atoms in total. The Hall–Kier alpha value is -2.51. The second-order valence-corrected chi connectivity index (χ2v) is 5.63. The second kappa shape index (κ2) is 7.17. The van der Waals surface area contributed by atoms with E-state index in [0.29, 0.717) is 12.2 Å². The largest absolute Gasteiger partial charge is 0.486 e. The summed E-state index contributed by atoms with van der Waals surface area (Å²) in [5.41, 5.74) is 1.89. The maximum Gasteiger partial charge on any atom is 0.161 e. The van der Waals surface area contributed by atoms with Crippen LogP contribution in [-0.4, -0.2) is 30.7 Å². The van der Waals surface area contributed by atoms with Crippen LogP contribution in [0.3, 0.4) is 0 Å².